The molecule has 0 saturated carbocycles. The molecule has 0 aliphatic rings. The maximum atomic E-state index is 13.6. The Morgan fingerprint density at radius 3 is 2.61 bits per heavy atom. The molecule has 5 nitrogen and oxygen atoms in total. The van der Waals surface area contributed by atoms with Crippen LogP contribution in [0.4, 0.5) is 10.1 Å². The van der Waals surface area contributed by atoms with Gasteiger partial charge in [-0.3, -0.25) is 4.72 Å². The highest BCUT2D eigenvalue weighted by Gasteiger charge is 2.13. The molecule has 0 fully saturated rings. The number of benzene rings is 1. The SMILES string of the molecule is CN(C)S(=O)(=O)Nc1ccc(C#CCN)c(F)c1. The Balaban J connectivity index is 2.99. The van der Waals surface area contributed by atoms with Crippen LogP contribution >= 0.6 is 0 Å². The third-order valence-electron chi connectivity index (χ3n) is 2.02. The Morgan fingerprint density at radius 1 is 1.44 bits per heavy atom. The van der Waals surface area contributed by atoms with Crippen molar-refractivity contribution in [2.24, 2.45) is 5.73 Å². The Hall–Kier alpha value is -1.62. The average molecular weight is 271 g/mol. The van der Waals surface area contributed by atoms with Crippen molar-refractivity contribution in [1.82, 2.24) is 4.31 Å². The van der Waals surface area contributed by atoms with Gasteiger partial charge >= 0.3 is 10.2 Å². The molecule has 0 unspecified atom stereocenters. The Bertz CT molecular complexity index is 588. The first-order valence-corrected chi connectivity index (χ1v) is 6.49. The lowest BCUT2D eigenvalue weighted by molar-refractivity contribution is 0.527. The van der Waals surface area contributed by atoms with Gasteiger partial charge in [0.25, 0.3) is 0 Å². The predicted octanol–water partition coefficient (Wildman–Crippen LogP) is 0.354. The number of rotatable bonds is 3. The van der Waals surface area contributed by atoms with Gasteiger partial charge in [0.05, 0.1) is 17.8 Å². The Morgan fingerprint density at radius 2 is 2.11 bits per heavy atom. The number of halogens is 1. The normalized spacial score (nSPS) is 10.9. The molecule has 0 atom stereocenters. The highest BCUT2D eigenvalue weighted by atomic mass is 32.2. The minimum atomic E-state index is -3.64. The van der Waals surface area contributed by atoms with Crippen molar-refractivity contribution in [3.63, 3.8) is 0 Å². The molecule has 0 spiro atoms. The van der Waals surface area contributed by atoms with E-state index in [1.54, 1.807) is 0 Å². The van der Waals surface area contributed by atoms with E-state index in [0.717, 1.165) is 10.4 Å². The van der Waals surface area contributed by atoms with Gasteiger partial charge in [0.2, 0.25) is 0 Å². The van der Waals surface area contributed by atoms with Crippen LogP contribution in [0.1, 0.15) is 5.56 Å². The van der Waals surface area contributed by atoms with Crippen molar-refractivity contribution >= 4 is 15.9 Å². The monoisotopic (exact) mass is 271 g/mol. The molecule has 0 amide bonds. The van der Waals surface area contributed by atoms with Crippen LogP contribution in [-0.4, -0.2) is 33.4 Å². The second kappa shape index (κ2) is 5.82. The van der Waals surface area contributed by atoms with Gasteiger partial charge in [0.15, 0.2) is 0 Å². The van der Waals surface area contributed by atoms with Crippen LogP contribution in [0.25, 0.3) is 0 Å². The molecule has 98 valence electrons. The summed E-state index contributed by atoms with van der Waals surface area (Å²) < 4.78 is 39.8. The lowest BCUT2D eigenvalue weighted by Crippen LogP contribution is -2.28. The molecular formula is C11H14FN3O2S. The van der Waals surface area contributed by atoms with Gasteiger partial charge in [-0.1, -0.05) is 11.8 Å². The Kier molecular flexibility index (Phi) is 4.67. The molecule has 7 heteroatoms. The van der Waals surface area contributed by atoms with Crippen LogP contribution in [0, 0.1) is 17.7 Å². The molecule has 0 heterocycles. The zero-order valence-electron chi connectivity index (χ0n) is 10.1. The topological polar surface area (TPSA) is 75.4 Å². The molecule has 1 rings (SSSR count). The molecule has 18 heavy (non-hydrogen) atoms. The second-order valence-electron chi connectivity index (χ2n) is 3.59. The van der Waals surface area contributed by atoms with Gasteiger partial charge in [0.1, 0.15) is 5.82 Å². The molecule has 0 aromatic heterocycles. The zero-order chi connectivity index (χ0) is 13.8. The highest BCUT2D eigenvalue weighted by Crippen LogP contribution is 2.15. The first-order valence-electron chi connectivity index (χ1n) is 5.05. The van der Waals surface area contributed by atoms with Crippen molar-refractivity contribution in [1.29, 1.82) is 0 Å². The van der Waals surface area contributed by atoms with E-state index < -0.39 is 16.0 Å². The number of nitrogens with zero attached hydrogens (tertiary/aromatic N) is 1. The zero-order valence-corrected chi connectivity index (χ0v) is 10.9. The van der Waals surface area contributed by atoms with Gasteiger partial charge in [0, 0.05) is 14.1 Å². The quantitative estimate of drug-likeness (QED) is 0.779. The van der Waals surface area contributed by atoms with Crippen molar-refractivity contribution in [2.45, 2.75) is 0 Å². The summed E-state index contributed by atoms with van der Waals surface area (Å²) in [4.78, 5) is 0. The number of hydrogen-bond acceptors (Lipinski definition) is 3. The van der Waals surface area contributed by atoms with Gasteiger partial charge < -0.3 is 5.73 Å². The van der Waals surface area contributed by atoms with Crippen molar-refractivity contribution < 1.29 is 12.8 Å². The molecular weight excluding hydrogens is 257 g/mol. The third-order valence-corrected chi connectivity index (χ3v) is 3.48. The van der Waals surface area contributed by atoms with E-state index in [1.165, 1.54) is 26.2 Å². The van der Waals surface area contributed by atoms with E-state index in [-0.39, 0.29) is 17.8 Å². The van der Waals surface area contributed by atoms with E-state index >= 15 is 0 Å². The number of nitrogens with one attached hydrogen (secondary N) is 1. The van der Waals surface area contributed by atoms with E-state index in [4.69, 9.17) is 5.73 Å². The van der Waals surface area contributed by atoms with Crippen molar-refractivity contribution in [2.75, 3.05) is 25.4 Å². The van der Waals surface area contributed by atoms with E-state index in [9.17, 15) is 12.8 Å². The van der Waals surface area contributed by atoms with Crippen LogP contribution in [0.2, 0.25) is 0 Å². The third kappa shape index (κ3) is 3.70. The summed E-state index contributed by atoms with van der Waals surface area (Å²) in [7, 11) is -0.888. The van der Waals surface area contributed by atoms with Gasteiger partial charge in [-0.05, 0) is 18.2 Å². The van der Waals surface area contributed by atoms with Gasteiger partial charge in [-0.15, -0.1) is 0 Å². The summed E-state index contributed by atoms with van der Waals surface area (Å²) in [5, 5.41) is 0. The first kappa shape index (κ1) is 14.4. The standard InChI is InChI=1S/C11H14FN3O2S/c1-15(2)18(16,17)14-10-6-5-9(4-3-7-13)11(12)8-10/h5-6,8,14H,7,13H2,1-2H3. The summed E-state index contributed by atoms with van der Waals surface area (Å²) >= 11 is 0. The molecule has 0 aliphatic carbocycles. The summed E-state index contributed by atoms with van der Waals surface area (Å²) in [6, 6.07) is 3.90. The first-order chi connectivity index (χ1) is 8.36. The molecule has 0 aliphatic heterocycles. The molecule has 1 aromatic rings. The Labute approximate surface area is 106 Å². The van der Waals surface area contributed by atoms with Crippen molar-refractivity contribution in [3.05, 3.63) is 29.6 Å². The molecule has 1 aromatic carbocycles. The lowest BCUT2D eigenvalue weighted by Gasteiger charge is -2.13. The van der Waals surface area contributed by atoms with Crippen LogP contribution in [0.15, 0.2) is 18.2 Å². The summed E-state index contributed by atoms with van der Waals surface area (Å²) in [6.45, 7) is 0.133. The van der Waals surface area contributed by atoms with Gasteiger partial charge in [-0.25, -0.2) is 4.39 Å². The number of hydrogen-bond donors (Lipinski definition) is 2. The van der Waals surface area contributed by atoms with Crippen molar-refractivity contribution in [3.8, 4) is 11.8 Å². The minimum Gasteiger partial charge on any atom is -0.320 e. The fourth-order valence-electron chi connectivity index (χ4n) is 1.07. The average Bonchev–Trinajstić information content (AvgIpc) is 2.27. The highest BCUT2D eigenvalue weighted by molar-refractivity contribution is 7.90. The number of nitrogens with two attached hydrogens (primary N) is 1. The minimum absolute atomic E-state index is 0.133. The van der Waals surface area contributed by atoms with Gasteiger partial charge in [-0.2, -0.15) is 12.7 Å². The maximum Gasteiger partial charge on any atom is 0.301 e. The smallest absolute Gasteiger partial charge is 0.301 e. The molecule has 0 saturated heterocycles. The van der Waals surface area contributed by atoms with Crippen LogP contribution in [-0.2, 0) is 10.2 Å². The summed E-state index contributed by atoms with van der Waals surface area (Å²) in [5.41, 5.74) is 5.49. The van der Waals surface area contributed by atoms with E-state index in [0.29, 0.717) is 0 Å². The lowest BCUT2D eigenvalue weighted by atomic mass is 10.2. The van der Waals surface area contributed by atoms with Crippen LogP contribution in [0.5, 0.6) is 0 Å². The maximum absolute atomic E-state index is 13.6. The second-order valence-corrected chi connectivity index (χ2v) is 5.47. The summed E-state index contributed by atoms with van der Waals surface area (Å²) in [5.74, 6) is 4.47. The largest absolute Gasteiger partial charge is 0.320 e. The summed E-state index contributed by atoms with van der Waals surface area (Å²) in [6.07, 6.45) is 0. The number of anilines is 1. The predicted molar refractivity (Wildman–Crippen MR) is 68.6 cm³/mol. The van der Waals surface area contributed by atoms with E-state index in [2.05, 4.69) is 16.6 Å². The molecule has 3 N–H and O–H groups in total. The fourth-order valence-corrected chi connectivity index (χ4v) is 1.67. The van der Waals surface area contributed by atoms with Crippen LogP contribution < -0.4 is 10.5 Å². The fraction of sp³-hybridized carbons (Fsp3) is 0.273. The molecule has 0 bridgehead atoms. The van der Waals surface area contributed by atoms with E-state index in [1.807, 2.05) is 0 Å². The molecule has 0 radical (unpaired) electrons. The van der Waals surface area contributed by atoms with Crippen LogP contribution in [0.3, 0.4) is 0 Å².